The third-order valence-electron chi connectivity index (χ3n) is 8.70. The van der Waals surface area contributed by atoms with Crippen molar-refractivity contribution in [3.8, 4) is 17.2 Å². The molecule has 6 rings (SSSR count). The van der Waals surface area contributed by atoms with Crippen LogP contribution in [0.1, 0.15) is 37.3 Å². The molecule has 3 heterocycles. The molecule has 2 aromatic carbocycles. The summed E-state index contributed by atoms with van der Waals surface area (Å²) in [7, 11) is 4.73. The molecule has 12 heteroatoms. The molecule has 2 fully saturated rings. The number of carbonyl (C=O) groups excluding carboxylic acids is 1. The summed E-state index contributed by atoms with van der Waals surface area (Å²) >= 11 is 0. The first-order valence-electron chi connectivity index (χ1n) is 15.0. The van der Waals surface area contributed by atoms with Crippen LogP contribution in [-0.2, 0) is 16.1 Å². The summed E-state index contributed by atoms with van der Waals surface area (Å²) in [6.45, 7) is 3.52. The Hall–Kier alpha value is -4.74. The Morgan fingerprint density at radius 3 is 2.48 bits per heavy atom. The fourth-order valence-electron chi connectivity index (χ4n) is 6.24. The predicted octanol–water partition coefficient (Wildman–Crippen LogP) is 4.39. The molecule has 0 radical (unpaired) electrons. The average molecular weight is 602 g/mol. The van der Waals surface area contributed by atoms with E-state index in [1.165, 1.54) is 7.11 Å². The maximum Gasteiger partial charge on any atom is 0.308 e. The van der Waals surface area contributed by atoms with Crippen molar-refractivity contribution in [2.24, 2.45) is 5.92 Å². The lowest BCUT2D eigenvalue weighted by atomic mass is 9.85. The number of benzene rings is 2. The zero-order valence-electron chi connectivity index (χ0n) is 25.4. The van der Waals surface area contributed by atoms with Crippen LogP contribution in [0.25, 0.3) is 11.2 Å². The van der Waals surface area contributed by atoms with Gasteiger partial charge in [-0.2, -0.15) is 9.97 Å². The summed E-state index contributed by atoms with van der Waals surface area (Å²) < 4.78 is 18.2. The van der Waals surface area contributed by atoms with Gasteiger partial charge in [-0.3, -0.25) is 4.79 Å². The number of hydrogen-bond donors (Lipinski definition) is 2. The monoisotopic (exact) mass is 601 g/mol. The minimum atomic E-state index is -0.156. The highest BCUT2D eigenvalue weighted by atomic mass is 16.5. The summed E-state index contributed by atoms with van der Waals surface area (Å²) in [5.41, 5.74) is 3.46. The van der Waals surface area contributed by atoms with Crippen LogP contribution < -0.4 is 24.6 Å². The molecule has 1 aliphatic heterocycles. The highest BCUT2D eigenvalue weighted by Gasteiger charge is 2.31. The molecule has 4 aromatic rings. The number of rotatable bonds is 9. The molecule has 2 aliphatic rings. The minimum absolute atomic E-state index is 0.0847. The van der Waals surface area contributed by atoms with Gasteiger partial charge in [0.2, 0.25) is 5.95 Å². The number of nitrogens with one attached hydrogen (secondary N) is 1. The van der Waals surface area contributed by atoms with E-state index in [1.54, 1.807) is 26.4 Å². The number of anilines is 3. The van der Waals surface area contributed by atoms with E-state index in [0.717, 1.165) is 68.1 Å². The minimum Gasteiger partial charge on any atom is -0.508 e. The molecule has 0 bridgehead atoms. The van der Waals surface area contributed by atoms with E-state index in [9.17, 15) is 9.90 Å². The second kappa shape index (κ2) is 12.9. The zero-order valence-corrected chi connectivity index (χ0v) is 25.4. The van der Waals surface area contributed by atoms with E-state index in [4.69, 9.17) is 29.2 Å². The number of aromatic nitrogens is 4. The molecule has 1 saturated carbocycles. The fourth-order valence-corrected chi connectivity index (χ4v) is 6.24. The van der Waals surface area contributed by atoms with Crippen LogP contribution in [0.4, 0.5) is 17.5 Å². The van der Waals surface area contributed by atoms with E-state index in [-0.39, 0.29) is 23.7 Å². The molecule has 0 amide bonds. The Balaban J connectivity index is 1.30. The van der Waals surface area contributed by atoms with Gasteiger partial charge in [0, 0.05) is 56.1 Å². The number of hydrogen-bond acceptors (Lipinski definition) is 11. The Kier molecular flexibility index (Phi) is 8.58. The summed E-state index contributed by atoms with van der Waals surface area (Å²) in [6.07, 6.45) is 5.22. The van der Waals surface area contributed by atoms with Gasteiger partial charge in [-0.05, 0) is 55.7 Å². The summed E-state index contributed by atoms with van der Waals surface area (Å²) in [4.78, 5) is 31.7. The third kappa shape index (κ3) is 6.01. The number of fused-ring (bicyclic) bond motifs is 1. The Morgan fingerprint density at radius 2 is 1.75 bits per heavy atom. The van der Waals surface area contributed by atoms with Crippen molar-refractivity contribution in [3.63, 3.8) is 0 Å². The van der Waals surface area contributed by atoms with Crippen LogP contribution in [0.5, 0.6) is 17.2 Å². The molecule has 44 heavy (non-hydrogen) atoms. The van der Waals surface area contributed by atoms with Crippen LogP contribution in [-0.4, -0.2) is 78.1 Å². The molecule has 12 nitrogen and oxygen atoms in total. The average Bonchev–Trinajstić information content (AvgIpc) is 3.51. The number of phenolic OH excluding ortho intramolecular Hbond substituents is 1. The van der Waals surface area contributed by atoms with Crippen molar-refractivity contribution >= 4 is 34.6 Å². The Morgan fingerprint density at radius 1 is 0.977 bits per heavy atom. The number of methoxy groups -OCH3 is 3. The quantitative estimate of drug-likeness (QED) is 0.265. The van der Waals surface area contributed by atoms with Gasteiger partial charge in [-0.25, -0.2) is 4.98 Å². The van der Waals surface area contributed by atoms with Crippen LogP contribution >= 0.6 is 0 Å². The van der Waals surface area contributed by atoms with E-state index < -0.39 is 0 Å². The summed E-state index contributed by atoms with van der Waals surface area (Å²) in [5.74, 6) is 2.68. The van der Waals surface area contributed by atoms with Crippen molar-refractivity contribution in [1.29, 1.82) is 0 Å². The lowest BCUT2D eigenvalue weighted by molar-refractivity contribution is -0.147. The maximum absolute atomic E-state index is 12.4. The molecule has 2 atom stereocenters. The molecule has 2 unspecified atom stereocenters. The normalized spacial score (nSPS) is 18.7. The van der Waals surface area contributed by atoms with Gasteiger partial charge in [0.25, 0.3) is 0 Å². The first-order chi connectivity index (χ1) is 21.5. The highest BCUT2D eigenvalue weighted by Crippen LogP contribution is 2.36. The molecule has 2 aromatic heterocycles. The maximum atomic E-state index is 12.4. The van der Waals surface area contributed by atoms with Gasteiger partial charge in [0.15, 0.2) is 17.0 Å². The number of ether oxygens (including phenoxy) is 3. The molecular weight excluding hydrogens is 562 g/mol. The Labute approximate surface area is 256 Å². The van der Waals surface area contributed by atoms with Gasteiger partial charge < -0.3 is 39.0 Å². The predicted molar refractivity (Wildman–Crippen MR) is 168 cm³/mol. The van der Waals surface area contributed by atoms with Crippen molar-refractivity contribution in [1.82, 2.24) is 19.5 Å². The lowest BCUT2D eigenvalue weighted by Crippen LogP contribution is -2.47. The molecule has 0 spiro atoms. The smallest absolute Gasteiger partial charge is 0.308 e. The molecule has 232 valence electrons. The second-order valence-corrected chi connectivity index (χ2v) is 11.3. The first-order valence-corrected chi connectivity index (χ1v) is 15.0. The standard InChI is InChI=1S/C32H39N7O5/c1-42-26-12-7-22(27(18-26)43-2)19-33-29-28-30(39(20-34-28)24-6-4-5-21(17-24)31(41)44-3)36-32(35-29)38-15-13-37(14-16-38)23-8-10-25(40)11-9-23/h7-12,18,20-21,24,40H,4-6,13-17,19H2,1-3H3,(H,33,35,36). The van der Waals surface area contributed by atoms with Gasteiger partial charge in [0.1, 0.15) is 17.2 Å². The number of phenols is 1. The lowest BCUT2D eigenvalue weighted by Gasteiger charge is -2.36. The molecule has 1 aliphatic carbocycles. The molecule has 2 N–H and O–H groups in total. The summed E-state index contributed by atoms with van der Waals surface area (Å²) in [6, 6.07) is 13.1. The van der Waals surface area contributed by atoms with E-state index in [1.807, 2.05) is 36.7 Å². The molecular formula is C32H39N7O5. The second-order valence-electron chi connectivity index (χ2n) is 11.3. The van der Waals surface area contributed by atoms with E-state index >= 15 is 0 Å². The highest BCUT2D eigenvalue weighted by molar-refractivity contribution is 5.84. The van der Waals surface area contributed by atoms with Crippen LogP contribution in [0.2, 0.25) is 0 Å². The van der Waals surface area contributed by atoms with Crippen LogP contribution in [0.3, 0.4) is 0 Å². The van der Waals surface area contributed by atoms with E-state index in [0.29, 0.717) is 36.0 Å². The van der Waals surface area contributed by atoms with E-state index in [2.05, 4.69) is 19.7 Å². The topological polar surface area (TPSA) is 127 Å². The third-order valence-corrected chi connectivity index (χ3v) is 8.70. The molecule has 1 saturated heterocycles. The first kappa shape index (κ1) is 29.3. The number of piperazine rings is 1. The number of nitrogens with zero attached hydrogens (tertiary/aromatic N) is 6. The fraction of sp³-hybridized carbons (Fsp3) is 0.438. The van der Waals surface area contributed by atoms with Gasteiger partial charge in [-0.1, -0.05) is 6.42 Å². The van der Waals surface area contributed by atoms with Gasteiger partial charge in [0.05, 0.1) is 33.6 Å². The zero-order chi connectivity index (χ0) is 30.6. The number of carbonyl (C=O) groups is 1. The van der Waals surface area contributed by atoms with Crippen molar-refractivity contribution < 1.29 is 24.1 Å². The van der Waals surface area contributed by atoms with Crippen LogP contribution in [0, 0.1) is 5.92 Å². The number of aromatic hydroxyl groups is 1. The van der Waals surface area contributed by atoms with Crippen LogP contribution in [0.15, 0.2) is 48.8 Å². The van der Waals surface area contributed by atoms with Crippen molar-refractivity contribution in [3.05, 3.63) is 54.4 Å². The largest absolute Gasteiger partial charge is 0.508 e. The van der Waals surface area contributed by atoms with Crippen molar-refractivity contribution in [2.45, 2.75) is 38.3 Å². The van der Waals surface area contributed by atoms with Crippen molar-refractivity contribution in [2.75, 3.05) is 62.6 Å². The van der Waals surface area contributed by atoms with Gasteiger partial charge >= 0.3 is 5.97 Å². The SMILES string of the molecule is COC(=O)C1CCCC(n2cnc3c(NCc4ccc(OC)cc4OC)nc(N4CCN(c5ccc(O)cc5)CC4)nc32)C1. The number of esters is 1. The van der Waals surface area contributed by atoms with Gasteiger partial charge in [-0.15, -0.1) is 0 Å². The Bertz CT molecular complexity index is 1600. The summed E-state index contributed by atoms with van der Waals surface area (Å²) in [5, 5.41) is 13.2. The number of imidazole rings is 1.